The van der Waals surface area contributed by atoms with Gasteiger partial charge < -0.3 is 9.84 Å². The molecule has 118 valence electrons. The van der Waals surface area contributed by atoms with E-state index in [0.29, 0.717) is 5.56 Å². The van der Waals surface area contributed by atoms with E-state index in [-0.39, 0.29) is 16.9 Å². The number of benzene rings is 1. The van der Waals surface area contributed by atoms with Crippen LogP contribution in [0, 0.1) is 6.92 Å². The molecule has 0 bridgehead atoms. The van der Waals surface area contributed by atoms with Crippen LogP contribution in [-0.4, -0.2) is 29.8 Å². The minimum Gasteiger partial charge on any atom is -0.478 e. The third-order valence-corrected chi connectivity index (χ3v) is 2.80. The number of anilines is 1. The molecule has 0 fully saturated rings. The molecule has 0 aliphatic carbocycles. The van der Waals surface area contributed by atoms with Crippen LogP contribution in [0.1, 0.15) is 36.7 Å². The highest BCUT2D eigenvalue weighted by Crippen LogP contribution is 2.30. The van der Waals surface area contributed by atoms with Gasteiger partial charge in [0, 0.05) is 23.3 Å². The molecule has 8 nitrogen and oxygen atoms in total. The second-order valence-electron chi connectivity index (χ2n) is 5.67. The standard InChI is InChI=1S/C14H18N4O4/c1-8-10(12(19)20)6-9(7-11(8)16-17-15)18(5)13(21)22-14(2,3)4/h6-7H,1-5H3,(H,19,20). The van der Waals surface area contributed by atoms with Gasteiger partial charge in [-0.25, -0.2) is 9.59 Å². The SMILES string of the molecule is Cc1c(N=[N+]=[N-])cc(N(C)C(=O)OC(C)(C)C)cc1C(=O)O. The zero-order valence-electron chi connectivity index (χ0n) is 13.1. The Morgan fingerprint density at radius 3 is 2.41 bits per heavy atom. The number of carbonyl (C=O) groups excluding carboxylic acids is 1. The van der Waals surface area contributed by atoms with E-state index in [1.54, 1.807) is 20.8 Å². The van der Waals surface area contributed by atoms with E-state index in [1.807, 2.05) is 0 Å². The number of amides is 1. The molecule has 0 spiro atoms. The fourth-order valence-corrected chi connectivity index (χ4v) is 1.69. The van der Waals surface area contributed by atoms with Gasteiger partial charge in [-0.1, -0.05) is 5.11 Å². The van der Waals surface area contributed by atoms with Gasteiger partial charge in [0.2, 0.25) is 0 Å². The number of carboxylic acids is 1. The first kappa shape index (κ1) is 17.3. The second-order valence-corrected chi connectivity index (χ2v) is 5.67. The van der Waals surface area contributed by atoms with Gasteiger partial charge in [-0.05, 0) is 50.9 Å². The first-order chi connectivity index (χ1) is 10.1. The third-order valence-electron chi connectivity index (χ3n) is 2.80. The summed E-state index contributed by atoms with van der Waals surface area (Å²) in [4.78, 5) is 27.2. The van der Waals surface area contributed by atoms with Crippen molar-refractivity contribution in [2.45, 2.75) is 33.3 Å². The molecule has 0 saturated heterocycles. The largest absolute Gasteiger partial charge is 0.478 e. The first-order valence-corrected chi connectivity index (χ1v) is 6.46. The van der Waals surface area contributed by atoms with Gasteiger partial charge in [-0.3, -0.25) is 4.90 Å². The maximum absolute atomic E-state index is 12.0. The Kier molecular flexibility index (Phi) is 5.01. The summed E-state index contributed by atoms with van der Waals surface area (Å²) in [5, 5.41) is 12.7. The molecule has 1 aromatic carbocycles. The number of hydrogen-bond acceptors (Lipinski definition) is 4. The number of aromatic carboxylic acids is 1. The Bertz CT molecular complexity index is 634. The predicted octanol–water partition coefficient (Wildman–Crippen LogP) is 4.01. The molecule has 0 radical (unpaired) electrons. The van der Waals surface area contributed by atoms with Gasteiger partial charge in [0.05, 0.1) is 5.56 Å². The second kappa shape index (κ2) is 6.36. The van der Waals surface area contributed by atoms with Gasteiger partial charge >= 0.3 is 12.1 Å². The molecule has 8 heteroatoms. The molecule has 0 atom stereocenters. The minimum atomic E-state index is -1.17. The van der Waals surface area contributed by atoms with Crippen LogP contribution in [0.3, 0.4) is 0 Å². The Morgan fingerprint density at radius 2 is 1.95 bits per heavy atom. The lowest BCUT2D eigenvalue weighted by molar-refractivity contribution is 0.0587. The van der Waals surface area contributed by atoms with Gasteiger partial charge in [-0.2, -0.15) is 0 Å². The summed E-state index contributed by atoms with van der Waals surface area (Å²) >= 11 is 0. The number of carbonyl (C=O) groups is 2. The molecular weight excluding hydrogens is 288 g/mol. The zero-order chi connectivity index (χ0) is 17.1. The van der Waals surface area contributed by atoms with Crippen LogP contribution in [-0.2, 0) is 4.74 Å². The van der Waals surface area contributed by atoms with Crippen molar-refractivity contribution in [3.63, 3.8) is 0 Å². The van der Waals surface area contributed by atoms with E-state index in [4.69, 9.17) is 10.3 Å². The number of ether oxygens (including phenoxy) is 1. The molecule has 1 aromatic rings. The van der Waals surface area contributed by atoms with Crippen LogP contribution >= 0.6 is 0 Å². The van der Waals surface area contributed by atoms with Crippen molar-refractivity contribution < 1.29 is 19.4 Å². The summed E-state index contributed by atoms with van der Waals surface area (Å²) in [6, 6.07) is 2.77. The highest BCUT2D eigenvalue weighted by atomic mass is 16.6. The topological polar surface area (TPSA) is 116 Å². The van der Waals surface area contributed by atoms with E-state index in [0.717, 1.165) is 4.90 Å². The molecule has 0 heterocycles. The van der Waals surface area contributed by atoms with E-state index in [2.05, 4.69) is 10.0 Å². The van der Waals surface area contributed by atoms with Crippen molar-refractivity contribution in [3.8, 4) is 0 Å². The molecule has 1 N–H and O–H groups in total. The van der Waals surface area contributed by atoms with Crippen molar-refractivity contribution in [1.29, 1.82) is 0 Å². The summed E-state index contributed by atoms with van der Waals surface area (Å²) in [6.07, 6.45) is -0.639. The average molecular weight is 306 g/mol. The summed E-state index contributed by atoms with van der Waals surface area (Å²) in [7, 11) is 1.45. The van der Waals surface area contributed by atoms with Gasteiger partial charge in [0.1, 0.15) is 5.60 Å². The molecule has 0 aromatic heterocycles. The molecule has 0 unspecified atom stereocenters. The van der Waals surface area contributed by atoms with Gasteiger partial charge in [0.15, 0.2) is 0 Å². The fourth-order valence-electron chi connectivity index (χ4n) is 1.69. The minimum absolute atomic E-state index is 0.0460. The van der Waals surface area contributed by atoms with Crippen molar-refractivity contribution in [2.24, 2.45) is 5.11 Å². The smallest absolute Gasteiger partial charge is 0.414 e. The summed E-state index contributed by atoms with van der Waals surface area (Å²) in [6.45, 7) is 6.70. The number of nitrogens with zero attached hydrogens (tertiary/aromatic N) is 4. The van der Waals surface area contributed by atoms with E-state index in [1.165, 1.54) is 26.1 Å². The lowest BCUT2D eigenvalue weighted by Gasteiger charge is -2.25. The maximum Gasteiger partial charge on any atom is 0.414 e. The van der Waals surface area contributed by atoms with Crippen LogP contribution in [0.2, 0.25) is 0 Å². The number of rotatable bonds is 3. The molecule has 0 saturated carbocycles. The number of hydrogen-bond donors (Lipinski definition) is 1. The van der Waals surface area contributed by atoms with Gasteiger partial charge in [0.25, 0.3) is 0 Å². The lowest BCUT2D eigenvalue weighted by Crippen LogP contribution is -2.34. The quantitative estimate of drug-likeness (QED) is 0.516. The van der Waals surface area contributed by atoms with Crippen LogP contribution < -0.4 is 4.90 Å². The average Bonchev–Trinajstić information content (AvgIpc) is 2.38. The molecule has 1 amide bonds. The summed E-state index contributed by atoms with van der Waals surface area (Å²) in [5.41, 5.74) is 8.58. The normalized spacial score (nSPS) is 10.6. The Labute approximate surface area is 127 Å². The monoisotopic (exact) mass is 306 g/mol. The highest BCUT2D eigenvalue weighted by Gasteiger charge is 2.22. The van der Waals surface area contributed by atoms with Crippen molar-refractivity contribution in [1.82, 2.24) is 0 Å². The predicted molar refractivity (Wildman–Crippen MR) is 81.6 cm³/mol. The highest BCUT2D eigenvalue weighted by molar-refractivity contribution is 5.95. The van der Waals surface area contributed by atoms with Gasteiger partial charge in [-0.15, -0.1) is 0 Å². The van der Waals surface area contributed by atoms with Crippen LogP contribution in [0.25, 0.3) is 10.4 Å². The van der Waals surface area contributed by atoms with E-state index in [9.17, 15) is 14.7 Å². The van der Waals surface area contributed by atoms with E-state index < -0.39 is 17.7 Å². The Hall–Kier alpha value is -2.73. The number of carboxylic acid groups (broad SMARTS) is 1. The lowest BCUT2D eigenvalue weighted by atomic mass is 10.1. The summed E-state index contributed by atoms with van der Waals surface area (Å²) < 4.78 is 5.22. The zero-order valence-corrected chi connectivity index (χ0v) is 13.1. The molecular formula is C14H18N4O4. The molecule has 0 aliphatic heterocycles. The number of azide groups is 1. The summed E-state index contributed by atoms with van der Waals surface area (Å²) in [5.74, 6) is -1.17. The van der Waals surface area contributed by atoms with Crippen LogP contribution in [0.5, 0.6) is 0 Å². The fraction of sp³-hybridized carbons (Fsp3) is 0.429. The third kappa shape index (κ3) is 4.13. The molecule has 22 heavy (non-hydrogen) atoms. The molecule has 1 rings (SSSR count). The first-order valence-electron chi connectivity index (χ1n) is 6.46. The van der Waals surface area contributed by atoms with Crippen molar-refractivity contribution >= 4 is 23.4 Å². The Balaban J connectivity index is 3.32. The van der Waals surface area contributed by atoms with Crippen LogP contribution in [0.4, 0.5) is 16.2 Å². The molecule has 0 aliphatic rings. The van der Waals surface area contributed by atoms with Crippen molar-refractivity contribution in [3.05, 3.63) is 33.7 Å². The van der Waals surface area contributed by atoms with Crippen LogP contribution in [0.15, 0.2) is 17.2 Å². The van der Waals surface area contributed by atoms with E-state index >= 15 is 0 Å². The Morgan fingerprint density at radius 1 is 1.36 bits per heavy atom. The van der Waals surface area contributed by atoms with Crippen molar-refractivity contribution in [2.75, 3.05) is 11.9 Å². The maximum atomic E-state index is 12.0.